The van der Waals surface area contributed by atoms with Crippen LogP contribution in [-0.2, 0) is 16.0 Å². The molecule has 1 aliphatic rings. The Hall–Kier alpha value is -2.04. The lowest BCUT2D eigenvalue weighted by Crippen LogP contribution is -2.39. The molecule has 1 aromatic rings. The Morgan fingerprint density at radius 2 is 1.95 bits per heavy atom. The van der Waals surface area contributed by atoms with Gasteiger partial charge in [-0.2, -0.15) is 0 Å². The fourth-order valence-electron chi connectivity index (χ4n) is 2.65. The van der Waals surface area contributed by atoms with Crippen LogP contribution >= 0.6 is 0 Å². The van der Waals surface area contributed by atoms with E-state index in [0.717, 1.165) is 18.4 Å². The van der Waals surface area contributed by atoms with Gasteiger partial charge in [-0.05, 0) is 43.4 Å². The molecule has 0 atom stereocenters. The minimum Gasteiger partial charge on any atom is -0.481 e. The minimum absolute atomic E-state index is 0.0330. The van der Waals surface area contributed by atoms with Gasteiger partial charge in [0.2, 0.25) is 5.91 Å². The number of nitrogens with two attached hydrogens (primary N) is 1. The van der Waals surface area contributed by atoms with Gasteiger partial charge in [-0.3, -0.25) is 9.59 Å². The number of anilines is 1. The molecule has 2 rings (SSSR count). The summed E-state index contributed by atoms with van der Waals surface area (Å²) in [5, 5.41) is 11.9. The van der Waals surface area contributed by atoms with Gasteiger partial charge in [-0.1, -0.05) is 12.1 Å². The lowest BCUT2D eigenvalue weighted by molar-refractivity contribution is -0.142. The number of hydrogen-bond donors (Lipinski definition) is 3. The average Bonchev–Trinajstić information content (AvgIpc) is 2.39. The third kappa shape index (κ3) is 3.98. The highest BCUT2D eigenvalue weighted by Gasteiger charge is 2.26. The summed E-state index contributed by atoms with van der Waals surface area (Å²) in [5.74, 6) is -1.01. The number of carboxylic acids is 1. The second-order valence-electron chi connectivity index (χ2n) is 5.38. The molecule has 5 nitrogen and oxygen atoms in total. The number of nitrogens with one attached hydrogen (secondary N) is 1. The first-order valence-corrected chi connectivity index (χ1v) is 6.91. The van der Waals surface area contributed by atoms with Crippen molar-refractivity contribution in [1.29, 1.82) is 0 Å². The highest BCUT2D eigenvalue weighted by Crippen LogP contribution is 2.24. The highest BCUT2D eigenvalue weighted by atomic mass is 16.4. The van der Waals surface area contributed by atoms with Crippen LogP contribution in [0, 0.1) is 5.92 Å². The summed E-state index contributed by atoms with van der Waals surface area (Å²) < 4.78 is 0. The lowest BCUT2D eigenvalue weighted by Gasteiger charge is -2.26. The zero-order valence-electron chi connectivity index (χ0n) is 11.3. The van der Waals surface area contributed by atoms with Crippen molar-refractivity contribution in [1.82, 2.24) is 5.32 Å². The summed E-state index contributed by atoms with van der Waals surface area (Å²) in [6.45, 7) is 0. The molecule has 0 spiro atoms. The normalized spacial score (nSPS) is 22.2. The Kier molecular flexibility index (Phi) is 4.61. The zero-order valence-corrected chi connectivity index (χ0v) is 11.3. The third-order valence-corrected chi connectivity index (χ3v) is 3.76. The van der Waals surface area contributed by atoms with Crippen LogP contribution in [0.2, 0.25) is 0 Å². The van der Waals surface area contributed by atoms with Crippen molar-refractivity contribution >= 4 is 17.6 Å². The Morgan fingerprint density at radius 1 is 1.25 bits per heavy atom. The van der Waals surface area contributed by atoms with E-state index in [1.165, 1.54) is 0 Å². The number of benzene rings is 1. The van der Waals surface area contributed by atoms with Gasteiger partial charge in [0, 0.05) is 11.7 Å². The molecule has 1 aromatic carbocycles. The molecule has 0 radical (unpaired) electrons. The lowest BCUT2D eigenvalue weighted by atomic mass is 9.86. The van der Waals surface area contributed by atoms with E-state index >= 15 is 0 Å². The van der Waals surface area contributed by atoms with Crippen LogP contribution in [0.15, 0.2) is 24.3 Å². The molecule has 0 heterocycles. The first-order valence-electron chi connectivity index (χ1n) is 6.91. The first kappa shape index (κ1) is 14.4. The summed E-state index contributed by atoms with van der Waals surface area (Å²) in [6.07, 6.45) is 3.06. The Morgan fingerprint density at radius 3 is 2.55 bits per heavy atom. The number of rotatable bonds is 4. The molecule has 20 heavy (non-hydrogen) atoms. The number of amides is 1. The predicted octanol–water partition coefficient (Wildman–Crippen LogP) is 1.57. The van der Waals surface area contributed by atoms with E-state index in [1.54, 1.807) is 12.1 Å². The molecule has 108 valence electrons. The molecule has 0 aliphatic heterocycles. The van der Waals surface area contributed by atoms with Crippen molar-refractivity contribution in [3.63, 3.8) is 0 Å². The fourth-order valence-corrected chi connectivity index (χ4v) is 2.65. The maximum atomic E-state index is 11.9. The summed E-state index contributed by atoms with van der Waals surface area (Å²) in [5.41, 5.74) is 7.22. The van der Waals surface area contributed by atoms with Crippen LogP contribution in [-0.4, -0.2) is 23.0 Å². The number of hydrogen-bond acceptors (Lipinski definition) is 3. The van der Waals surface area contributed by atoms with Gasteiger partial charge < -0.3 is 16.2 Å². The van der Waals surface area contributed by atoms with Gasteiger partial charge >= 0.3 is 5.97 Å². The number of nitrogen functional groups attached to an aromatic ring is 1. The quantitative estimate of drug-likeness (QED) is 0.728. The van der Waals surface area contributed by atoms with E-state index < -0.39 is 5.97 Å². The van der Waals surface area contributed by atoms with Crippen LogP contribution in [0.25, 0.3) is 0 Å². The van der Waals surface area contributed by atoms with Gasteiger partial charge in [-0.15, -0.1) is 0 Å². The molecule has 1 amide bonds. The monoisotopic (exact) mass is 276 g/mol. The number of carboxylic acid groups (broad SMARTS) is 1. The van der Waals surface area contributed by atoms with Gasteiger partial charge in [0.05, 0.1) is 12.3 Å². The average molecular weight is 276 g/mol. The Bertz CT molecular complexity index is 494. The van der Waals surface area contributed by atoms with Gasteiger partial charge in [0.1, 0.15) is 0 Å². The second kappa shape index (κ2) is 6.41. The number of carbonyl (C=O) groups excluding carboxylic acids is 1. The first-order chi connectivity index (χ1) is 9.54. The number of carbonyl (C=O) groups is 2. The molecule has 1 fully saturated rings. The molecule has 0 saturated heterocycles. The van der Waals surface area contributed by atoms with Gasteiger partial charge in [0.15, 0.2) is 0 Å². The SMILES string of the molecule is Nc1cccc(CC(=O)NC2CCC(C(=O)O)CC2)c1. The molecule has 0 aromatic heterocycles. The van der Waals surface area contributed by atoms with E-state index in [0.29, 0.717) is 24.9 Å². The summed E-state index contributed by atoms with van der Waals surface area (Å²) in [6, 6.07) is 7.38. The van der Waals surface area contributed by atoms with E-state index in [2.05, 4.69) is 5.32 Å². The topological polar surface area (TPSA) is 92.4 Å². The van der Waals surface area contributed by atoms with Crippen LogP contribution in [0.3, 0.4) is 0 Å². The van der Waals surface area contributed by atoms with E-state index in [1.807, 2.05) is 12.1 Å². The minimum atomic E-state index is -0.727. The molecule has 4 N–H and O–H groups in total. The summed E-state index contributed by atoms with van der Waals surface area (Å²) in [4.78, 5) is 22.8. The molecule has 0 unspecified atom stereocenters. The zero-order chi connectivity index (χ0) is 14.5. The van der Waals surface area contributed by atoms with Crippen molar-refractivity contribution in [3.8, 4) is 0 Å². The third-order valence-electron chi connectivity index (χ3n) is 3.76. The fraction of sp³-hybridized carbons (Fsp3) is 0.467. The maximum Gasteiger partial charge on any atom is 0.306 e. The van der Waals surface area contributed by atoms with E-state index in [9.17, 15) is 9.59 Å². The second-order valence-corrected chi connectivity index (χ2v) is 5.38. The molecule has 0 bridgehead atoms. The van der Waals surface area contributed by atoms with Gasteiger partial charge in [-0.25, -0.2) is 0 Å². The Labute approximate surface area is 118 Å². The summed E-state index contributed by atoms with van der Waals surface area (Å²) >= 11 is 0. The summed E-state index contributed by atoms with van der Waals surface area (Å²) in [7, 11) is 0. The number of aliphatic carboxylic acids is 1. The molecular formula is C15H20N2O3. The van der Waals surface area contributed by atoms with Crippen molar-refractivity contribution < 1.29 is 14.7 Å². The predicted molar refractivity (Wildman–Crippen MR) is 76.1 cm³/mol. The smallest absolute Gasteiger partial charge is 0.306 e. The van der Waals surface area contributed by atoms with Crippen molar-refractivity contribution in [2.45, 2.75) is 38.1 Å². The molecule has 1 saturated carbocycles. The van der Waals surface area contributed by atoms with E-state index in [-0.39, 0.29) is 17.9 Å². The molecule has 5 heteroatoms. The largest absolute Gasteiger partial charge is 0.481 e. The van der Waals surface area contributed by atoms with Crippen LogP contribution < -0.4 is 11.1 Å². The highest BCUT2D eigenvalue weighted by molar-refractivity contribution is 5.79. The van der Waals surface area contributed by atoms with Crippen LogP contribution in [0.5, 0.6) is 0 Å². The maximum absolute atomic E-state index is 11.9. The van der Waals surface area contributed by atoms with Crippen molar-refractivity contribution in [2.75, 3.05) is 5.73 Å². The van der Waals surface area contributed by atoms with Crippen molar-refractivity contribution in [2.24, 2.45) is 5.92 Å². The van der Waals surface area contributed by atoms with Crippen LogP contribution in [0.4, 0.5) is 5.69 Å². The van der Waals surface area contributed by atoms with E-state index in [4.69, 9.17) is 10.8 Å². The standard InChI is InChI=1S/C15H20N2O3/c16-12-3-1-2-10(8-12)9-14(18)17-13-6-4-11(5-7-13)15(19)20/h1-3,8,11,13H,4-7,9,16H2,(H,17,18)(H,19,20). The van der Waals surface area contributed by atoms with Crippen molar-refractivity contribution in [3.05, 3.63) is 29.8 Å². The van der Waals surface area contributed by atoms with Gasteiger partial charge in [0.25, 0.3) is 0 Å². The Balaban J connectivity index is 1.80. The molecule has 1 aliphatic carbocycles. The molecular weight excluding hydrogens is 256 g/mol. The van der Waals surface area contributed by atoms with Crippen LogP contribution in [0.1, 0.15) is 31.2 Å².